The number of carbonyl (C=O) groups excluding carboxylic acids is 1. The van der Waals surface area contributed by atoms with E-state index < -0.39 is 23.9 Å². The fourth-order valence-corrected chi connectivity index (χ4v) is 1.55. The van der Waals surface area contributed by atoms with Gasteiger partial charge in [-0.2, -0.15) is 0 Å². The number of alkyl carbamates (subject to hydrolysis) is 1. The number of nitrogens with zero attached hydrogens (tertiary/aromatic N) is 1. The maximum Gasteiger partial charge on any atom is 0.409 e. The summed E-state index contributed by atoms with van der Waals surface area (Å²) in [5, 5.41) is 19.8. The van der Waals surface area contributed by atoms with E-state index in [0.29, 0.717) is 12.3 Å². The molecule has 1 unspecified atom stereocenters. The van der Waals surface area contributed by atoms with E-state index in [-0.39, 0.29) is 18.9 Å². The van der Waals surface area contributed by atoms with Crippen molar-refractivity contribution in [2.45, 2.75) is 26.7 Å². The first-order valence-electron chi connectivity index (χ1n) is 5.71. The number of ether oxygens (including phenoxy) is 1. The van der Waals surface area contributed by atoms with Gasteiger partial charge in [0, 0.05) is 13.0 Å². The maximum absolute atomic E-state index is 11.1. The van der Waals surface area contributed by atoms with Crippen LogP contribution >= 0.6 is 0 Å². The molecule has 1 atom stereocenters. The molecule has 0 aromatic carbocycles. The standard InChI is InChI=1S/C10H18N2O7/c1-7(2)3-8(4-9(13)14)5-11-10(15)18-6-19-12(16)17/h7-8H,3-6H2,1-2H3,(H,11,15)(H,13,14). The number of aliphatic carboxylic acids is 1. The summed E-state index contributed by atoms with van der Waals surface area (Å²) >= 11 is 0. The van der Waals surface area contributed by atoms with E-state index in [1.807, 2.05) is 13.8 Å². The highest BCUT2D eigenvalue weighted by Crippen LogP contribution is 2.14. The quantitative estimate of drug-likeness (QED) is 0.366. The van der Waals surface area contributed by atoms with Gasteiger partial charge < -0.3 is 15.2 Å². The molecule has 0 spiro atoms. The average molecular weight is 278 g/mol. The van der Waals surface area contributed by atoms with Gasteiger partial charge in [-0.15, -0.1) is 10.1 Å². The van der Waals surface area contributed by atoms with Crippen molar-refractivity contribution < 1.29 is 29.4 Å². The van der Waals surface area contributed by atoms with Gasteiger partial charge in [0.15, 0.2) is 0 Å². The third-order valence-electron chi connectivity index (χ3n) is 2.15. The molecule has 0 aromatic rings. The molecule has 0 aromatic heterocycles. The summed E-state index contributed by atoms with van der Waals surface area (Å²) in [4.78, 5) is 35.4. The molecule has 9 heteroatoms. The van der Waals surface area contributed by atoms with E-state index >= 15 is 0 Å². The van der Waals surface area contributed by atoms with Crippen LogP contribution in [0.5, 0.6) is 0 Å². The zero-order chi connectivity index (χ0) is 14.8. The zero-order valence-electron chi connectivity index (χ0n) is 10.8. The molecule has 0 saturated carbocycles. The number of rotatable bonds is 9. The molecule has 110 valence electrons. The van der Waals surface area contributed by atoms with Gasteiger partial charge >= 0.3 is 12.1 Å². The summed E-state index contributed by atoms with van der Waals surface area (Å²) in [6.45, 7) is 3.21. The van der Waals surface area contributed by atoms with E-state index in [9.17, 15) is 19.7 Å². The smallest absolute Gasteiger partial charge is 0.409 e. The largest absolute Gasteiger partial charge is 0.481 e. The molecule has 0 radical (unpaired) electrons. The second-order valence-electron chi connectivity index (χ2n) is 4.38. The average Bonchev–Trinajstić information content (AvgIpc) is 2.23. The van der Waals surface area contributed by atoms with Crippen LogP contribution in [0, 0.1) is 22.0 Å². The van der Waals surface area contributed by atoms with Crippen molar-refractivity contribution in [2.24, 2.45) is 11.8 Å². The Kier molecular flexibility index (Phi) is 7.98. The van der Waals surface area contributed by atoms with Crippen molar-refractivity contribution in [3.63, 3.8) is 0 Å². The normalized spacial score (nSPS) is 11.7. The molecule has 1 amide bonds. The van der Waals surface area contributed by atoms with Gasteiger partial charge in [-0.1, -0.05) is 13.8 Å². The van der Waals surface area contributed by atoms with E-state index in [1.165, 1.54) is 0 Å². The predicted octanol–water partition coefficient (Wildman–Crippen LogP) is 1.02. The third kappa shape index (κ3) is 10.8. The van der Waals surface area contributed by atoms with Crippen LogP contribution in [0.2, 0.25) is 0 Å². The van der Waals surface area contributed by atoms with Crippen LogP contribution < -0.4 is 5.32 Å². The SMILES string of the molecule is CC(C)CC(CNC(=O)OCO[N+](=O)[O-])CC(=O)O. The van der Waals surface area contributed by atoms with Gasteiger partial charge in [-0.05, 0) is 18.3 Å². The first kappa shape index (κ1) is 16.9. The van der Waals surface area contributed by atoms with Gasteiger partial charge in [0.05, 0.1) is 0 Å². The number of carboxylic acid groups (broad SMARTS) is 1. The number of hydrogen-bond acceptors (Lipinski definition) is 6. The second-order valence-corrected chi connectivity index (χ2v) is 4.38. The topological polar surface area (TPSA) is 128 Å². The van der Waals surface area contributed by atoms with Crippen molar-refractivity contribution in [3.8, 4) is 0 Å². The fraction of sp³-hybridized carbons (Fsp3) is 0.800. The Morgan fingerprint density at radius 3 is 2.53 bits per heavy atom. The number of hydrogen-bond donors (Lipinski definition) is 2. The lowest BCUT2D eigenvalue weighted by atomic mass is 9.94. The highest BCUT2D eigenvalue weighted by Gasteiger charge is 2.16. The van der Waals surface area contributed by atoms with Gasteiger partial charge in [-0.3, -0.25) is 9.63 Å². The van der Waals surface area contributed by atoms with E-state index in [2.05, 4.69) is 14.9 Å². The molecular formula is C10H18N2O7. The molecule has 0 fully saturated rings. The van der Waals surface area contributed by atoms with Crippen LogP contribution in [0.3, 0.4) is 0 Å². The molecule has 0 rings (SSSR count). The monoisotopic (exact) mass is 278 g/mol. The molecule has 19 heavy (non-hydrogen) atoms. The van der Waals surface area contributed by atoms with E-state index in [4.69, 9.17) is 5.11 Å². The minimum Gasteiger partial charge on any atom is -0.481 e. The first-order chi connectivity index (χ1) is 8.81. The number of carboxylic acids is 1. The van der Waals surface area contributed by atoms with Gasteiger partial charge in [0.1, 0.15) is 0 Å². The van der Waals surface area contributed by atoms with Gasteiger partial charge in [0.2, 0.25) is 6.79 Å². The number of carbonyl (C=O) groups is 2. The van der Waals surface area contributed by atoms with Crippen LogP contribution in [-0.4, -0.2) is 35.6 Å². The minimum atomic E-state index is -1.08. The molecule has 0 heterocycles. The van der Waals surface area contributed by atoms with Crippen LogP contribution in [0.4, 0.5) is 4.79 Å². The number of nitrogens with one attached hydrogen (secondary N) is 1. The Morgan fingerprint density at radius 2 is 2.05 bits per heavy atom. The summed E-state index contributed by atoms with van der Waals surface area (Å²) in [6, 6.07) is 0. The van der Waals surface area contributed by atoms with Crippen molar-refractivity contribution in [1.82, 2.24) is 5.32 Å². The highest BCUT2D eigenvalue weighted by molar-refractivity contribution is 5.68. The summed E-state index contributed by atoms with van der Waals surface area (Å²) < 4.78 is 4.35. The summed E-state index contributed by atoms with van der Waals surface area (Å²) in [5.74, 6) is -0.876. The highest BCUT2D eigenvalue weighted by atomic mass is 17.0. The van der Waals surface area contributed by atoms with Crippen molar-refractivity contribution in [3.05, 3.63) is 10.1 Å². The molecule has 0 aliphatic heterocycles. The first-order valence-corrected chi connectivity index (χ1v) is 5.71. The van der Waals surface area contributed by atoms with Gasteiger partial charge in [0.25, 0.3) is 5.09 Å². The molecule has 0 bridgehead atoms. The molecule has 0 saturated heterocycles. The molecule has 9 nitrogen and oxygen atoms in total. The Bertz CT molecular complexity index is 319. The maximum atomic E-state index is 11.1. The lowest BCUT2D eigenvalue weighted by molar-refractivity contribution is -0.765. The summed E-state index contributed by atoms with van der Waals surface area (Å²) in [5.41, 5.74) is 0. The lowest BCUT2D eigenvalue weighted by Crippen LogP contribution is -2.32. The Morgan fingerprint density at radius 1 is 1.42 bits per heavy atom. The lowest BCUT2D eigenvalue weighted by Gasteiger charge is -2.17. The van der Waals surface area contributed by atoms with Crippen LogP contribution in [-0.2, 0) is 14.4 Å². The van der Waals surface area contributed by atoms with E-state index in [1.54, 1.807) is 0 Å². The van der Waals surface area contributed by atoms with Gasteiger partial charge in [-0.25, -0.2) is 4.79 Å². The van der Waals surface area contributed by atoms with E-state index in [0.717, 1.165) is 0 Å². The molecule has 2 N–H and O–H groups in total. The predicted molar refractivity (Wildman–Crippen MR) is 62.6 cm³/mol. The molecule has 0 aliphatic carbocycles. The summed E-state index contributed by atoms with van der Waals surface area (Å²) in [7, 11) is 0. The van der Waals surface area contributed by atoms with Crippen LogP contribution in [0.15, 0.2) is 0 Å². The van der Waals surface area contributed by atoms with Crippen molar-refractivity contribution in [2.75, 3.05) is 13.3 Å². The minimum absolute atomic E-state index is 0.0656. The second kappa shape index (κ2) is 8.95. The Labute approximate surface area is 110 Å². The Hall–Kier alpha value is -2.06. The zero-order valence-corrected chi connectivity index (χ0v) is 10.8. The van der Waals surface area contributed by atoms with Crippen molar-refractivity contribution in [1.29, 1.82) is 0 Å². The fourth-order valence-electron chi connectivity index (χ4n) is 1.55. The van der Waals surface area contributed by atoms with Crippen LogP contribution in [0.1, 0.15) is 26.7 Å². The Balaban J connectivity index is 3.98. The molecule has 0 aliphatic rings. The number of amides is 1. The van der Waals surface area contributed by atoms with Crippen molar-refractivity contribution >= 4 is 12.1 Å². The third-order valence-corrected chi connectivity index (χ3v) is 2.15. The van der Waals surface area contributed by atoms with Crippen LogP contribution in [0.25, 0.3) is 0 Å². The summed E-state index contributed by atoms with van der Waals surface area (Å²) in [6.07, 6.45) is -0.317. The molecular weight excluding hydrogens is 260 g/mol.